The van der Waals surface area contributed by atoms with E-state index in [1.165, 1.54) is 4.88 Å². The Kier molecular flexibility index (Phi) is 3.22. The maximum atomic E-state index is 11.2. The van der Waals surface area contributed by atoms with Crippen LogP contribution in [0.2, 0.25) is 0 Å². The molecule has 2 aromatic rings. The van der Waals surface area contributed by atoms with Gasteiger partial charge in [-0.1, -0.05) is 12.1 Å². The second kappa shape index (κ2) is 4.90. The van der Waals surface area contributed by atoms with Crippen LogP contribution in [0.3, 0.4) is 0 Å². The van der Waals surface area contributed by atoms with Crippen LogP contribution in [0, 0.1) is 13.8 Å². The summed E-state index contributed by atoms with van der Waals surface area (Å²) in [6, 6.07) is 5.53. The molecule has 4 nitrogen and oxygen atoms in total. The quantitative estimate of drug-likeness (QED) is 0.923. The van der Waals surface area contributed by atoms with E-state index in [9.17, 15) is 9.90 Å². The number of carboxylic acids is 1. The molecule has 0 saturated heterocycles. The Hall–Kier alpha value is -1.88. The first kappa shape index (κ1) is 13.1. The van der Waals surface area contributed by atoms with Gasteiger partial charge >= 0.3 is 5.97 Å². The van der Waals surface area contributed by atoms with Crippen LogP contribution in [0.1, 0.15) is 32.1 Å². The lowest BCUT2D eigenvalue weighted by Crippen LogP contribution is -2.31. The summed E-state index contributed by atoms with van der Waals surface area (Å²) in [4.78, 5) is 19.3. The number of fused-ring (bicyclic) bond motifs is 1. The number of aromatic carboxylic acids is 1. The molecule has 2 heterocycles. The highest BCUT2D eigenvalue weighted by atomic mass is 32.1. The summed E-state index contributed by atoms with van der Waals surface area (Å²) in [5.41, 5.74) is 3.59. The van der Waals surface area contributed by atoms with Crippen molar-refractivity contribution < 1.29 is 9.90 Å². The second-order valence-electron chi connectivity index (χ2n) is 5.06. The largest absolute Gasteiger partial charge is 0.478 e. The minimum atomic E-state index is -0.837. The maximum Gasteiger partial charge on any atom is 0.335 e. The Balaban J connectivity index is 1.93. The van der Waals surface area contributed by atoms with Gasteiger partial charge in [0.2, 0.25) is 0 Å². The Morgan fingerprint density at radius 2 is 2.20 bits per heavy atom. The standard InChI is InChI=1S/C15H16N2O2S/c1-9-10(2)20-15(16-9)17-7-6-12-11(8-17)4-3-5-13(12)14(18)19/h3-5H,6-8H2,1-2H3,(H,18,19). The van der Waals surface area contributed by atoms with E-state index >= 15 is 0 Å². The third-order valence-electron chi connectivity index (χ3n) is 3.78. The molecule has 1 aromatic carbocycles. The molecule has 0 amide bonds. The molecule has 5 heteroatoms. The first-order valence-electron chi connectivity index (χ1n) is 6.59. The molecular formula is C15H16N2O2S. The molecule has 0 spiro atoms. The summed E-state index contributed by atoms with van der Waals surface area (Å²) >= 11 is 1.70. The average Bonchev–Trinajstić information content (AvgIpc) is 2.77. The van der Waals surface area contributed by atoms with Gasteiger partial charge in [0.05, 0.1) is 11.3 Å². The number of hydrogen-bond donors (Lipinski definition) is 1. The molecule has 3 rings (SSSR count). The number of carboxylic acid groups (broad SMARTS) is 1. The molecular weight excluding hydrogens is 272 g/mol. The van der Waals surface area contributed by atoms with E-state index in [0.717, 1.165) is 41.5 Å². The van der Waals surface area contributed by atoms with Gasteiger partial charge in [-0.15, -0.1) is 11.3 Å². The number of rotatable bonds is 2. The number of thiazole rings is 1. The van der Waals surface area contributed by atoms with E-state index in [4.69, 9.17) is 0 Å². The summed E-state index contributed by atoms with van der Waals surface area (Å²) in [7, 11) is 0. The van der Waals surface area contributed by atoms with Gasteiger partial charge in [-0.2, -0.15) is 0 Å². The summed E-state index contributed by atoms with van der Waals surface area (Å²) in [6.45, 7) is 5.67. The summed E-state index contributed by atoms with van der Waals surface area (Å²) in [5, 5.41) is 10.3. The van der Waals surface area contributed by atoms with Crippen LogP contribution in [0.15, 0.2) is 18.2 Å². The van der Waals surface area contributed by atoms with E-state index in [2.05, 4.69) is 16.8 Å². The monoisotopic (exact) mass is 288 g/mol. The molecule has 1 aliphatic heterocycles. The van der Waals surface area contributed by atoms with Gasteiger partial charge < -0.3 is 10.0 Å². The van der Waals surface area contributed by atoms with Gasteiger partial charge in [-0.25, -0.2) is 9.78 Å². The predicted octanol–water partition coefficient (Wildman–Crippen LogP) is 3.02. The summed E-state index contributed by atoms with van der Waals surface area (Å²) in [5.74, 6) is -0.837. The first-order chi connectivity index (χ1) is 9.56. The van der Waals surface area contributed by atoms with E-state index < -0.39 is 5.97 Å². The fourth-order valence-corrected chi connectivity index (χ4v) is 3.50. The van der Waals surface area contributed by atoms with Crippen LogP contribution in [-0.2, 0) is 13.0 Å². The fraction of sp³-hybridized carbons (Fsp3) is 0.333. The summed E-state index contributed by atoms with van der Waals surface area (Å²) in [6.07, 6.45) is 0.759. The molecule has 0 atom stereocenters. The SMILES string of the molecule is Cc1nc(N2CCc3c(cccc3C(=O)O)C2)sc1C. The van der Waals surface area contributed by atoms with Gasteiger partial charge in [0.25, 0.3) is 0 Å². The summed E-state index contributed by atoms with van der Waals surface area (Å²) < 4.78 is 0. The fourth-order valence-electron chi connectivity index (χ4n) is 2.56. The Morgan fingerprint density at radius 1 is 1.40 bits per heavy atom. The van der Waals surface area contributed by atoms with Crippen LogP contribution in [-0.4, -0.2) is 22.6 Å². The van der Waals surface area contributed by atoms with Gasteiger partial charge in [0.15, 0.2) is 5.13 Å². The highest BCUT2D eigenvalue weighted by Gasteiger charge is 2.23. The van der Waals surface area contributed by atoms with E-state index in [-0.39, 0.29) is 0 Å². The van der Waals surface area contributed by atoms with E-state index in [0.29, 0.717) is 5.56 Å². The number of aryl methyl sites for hydroxylation is 2. The number of nitrogens with zero attached hydrogens (tertiary/aromatic N) is 2. The zero-order chi connectivity index (χ0) is 14.3. The van der Waals surface area contributed by atoms with Gasteiger partial charge in [-0.05, 0) is 37.5 Å². The number of hydrogen-bond acceptors (Lipinski definition) is 4. The highest BCUT2D eigenvalue weighted by molar-refractivity contribution is 7.15. The van der Waals surface area contributed by atoms with E-state index in [1.807, 2.05) is 19.1 Å². The highest BCUT2D eigenvalue weighted by Crippen LogP contribution is 2.30. The normalized spacial score (nSPS) is 14.2. The molecule has 0 radical (unpaired) electrons. The molecule has 0 saturated carbocycles. The van der Waals surface area contributed by atoms with Crippen molar-refractivity contribution >= 4 is 22.4 Å². The minimum absolute atomic E-state index is 0.439. The molecule has 0 unspecified atom stereocenters. The molecule has 1 N–H and O–H groups in total. The minimum Gasteiger partial charge on any atom is -0.478 e. The third kappa shape index (κ3) is 2.18. The van der Waals surface area contributed by atoms with Crippen molar-refractivity contribution in [1.29, 1.82) is 0 Å². The smallest absolute Gasteiger partial charge is 0.335 e. The van der Waals surface area contributed by atoms with Crippen molar-refractivity contribution in [2.75, 3.05) is 11.4 Å². The van der Waals surface area contributed by atoms with Crippen molar-refractivity contribution in [2.45, 2.75) is 26.8 Å². The molecule has 20 heavy (non-hydrogen) atoms. The van der Waals surface area contributed by atoms with Crippen LogP contribution in [0.4, 0.5) is 5.13 Å². The molecule has 0 aliphatic carbocycles. The number of benzene rings is 1. The molecule has 0 fully saturated rings. The van der Waals surface area contributed by atoms with Crippen molar-refractivity contribution in [3.63, 3.8) is 0 Å². The van der Waals surface area contributed by atoms with E-state index in [1.54, 1.807) is 17.4 Å². The predicted molar refractivity (Wildman–Crippen MR) is 79.7 cm³/mol. The maximum absolute atomic E-state index is 11.2. The molecule has 0 bridgehead atoms. The van der Waals surface area contributed by atoms with Crippen LogP contribution in [0.5, 0.6) is 0 Å². The number of aromatic nitrogens is 1. The van der Waals surface area contributed by atoms with Gasteiger partial charge in [0, 0.05) is 18.0 Å². The van der Waals surface area contributed by atoms with Crippen LogP contribution in [0.25, 0.3) is 0 Å². The Bertz CT molecular complexity index is 659. The number of carbonyl (C=O) groups is 1. The molecule has 1 aromatic heterocycles. The zero-order valence-electron chi connectivity index (χ0n) is 11.5. The third-order valence-corrected chi connectivity index (χ3v) is 4.92. The van der Waals surface area contributed by atoms with Crippen molar-refractivity contribution in [1.82, 2.24) is 4.98 Å². The lowest BCUT2D eigenvalue weighted by molar-refractivity contribution is 0.0695. The second-order valence-corrected chi connectivity index (χ2v) is 6.24. The first-order valence-corrected chi connectivity index (χ1v) is 7.41. The molecule has 104 valence electrons. The van der Waals surface area contributed by atoms with Crippen molar-refractivity contribution in [3.05, 3.63) is 45.5 Å². The Morgan fingerprint density at radius 3 is 2.85 bits per heavy atom. The van der Waals surface area contributed by atoms with Crippen LogP contribution < -0.4 is 4.90 Å². The lowest BCUT2D eigenvalue weighted by atomic mass is 9.95. The zero-order valence-corrected chi connectivity index (χ0v) is 12.3. The van der Waals surface area contributed by atoms with Crippen molar-refractivity contribution in [2.24, 2.45) is 0 Å². The topological polar surface area (TPSA) is 53.4 Å². The molecule has 1 aliphatic rings. The average molecular weight is 288 g/mol. The number of anilines is 1. The Labute approximate surface area is 121 Å². The van der Waals surface area contributed by atoms with Crippen LogP contribution >= 0.6 is 11.3 Å². The van der Waals surface area contributed by atoms with Crippen molar-refractivity contribution in [3.8, 4) is 0 Å². The van der Waals surface area contributed by atoms with Gasteiger partial charge in [0.1, 0.15) is 0 Å². The van der Waals surface area contributed by atoms with Gasteiger partial charge in [-0.3, -0.25) is 0 Å². The lowest BCUT2D eigenvalue weighted by Gasteiger charge is -2.29.